The van der Waals surface area contributed by atoms with Gasteiger partial charge in [0.05, 0.1) is 0 Å². The molecule has 0 fully saturated rings. The maximum absolute atomic E-state index is 4.71. The Bertz CT molecular complexity index is 612. The van der Waals surface area contributed by atoms with Crippen molar-refractivity contribution in [3.8, 4) is 0 Å². The zero-order valence-electron chi connectivity index (χ0n) is 13.6. The summed E-state index contributed by atoms with van der Waals surface area (Å²) in [5, 5.41) is 0. The Balaban J connectivity index is 3.38. The highest BCUT2D eigenvalue weighted by Gasteiger charge is 2.11. The number of nitrogens with zero attached hydrogens (tertiary/aromatic N) is 2. The number of aliphatic imine (C=N–C) groups is 1. The van der Waals surface area contributed by atoms with Gasteiger partial charge in [-0.05, 0) is 44.4 Å². The van der Waals surface area contributed by atoms with Gasteiger partial charge in [-0.2, -0.15) is 0 Å². The molecule has 2 heteroatoms. The molecule has 21 heavy (non-hydrogen) atoms. The first-order valence-electron chi connectivity index (χ1n) is 7.05. The van der Waals surface area contributed by atoms with Crippen molar-refractivity contribution < 1.29 is 0 Å². The van der Waals surface area contributed by atoms with E-state index >= 15 is 0 Å². The van der Waals surface area contributed by atoms with Crippen LogP contribution in [0.3, 0.4) is 0 Å². The lowest BCUT2D eigenvalue weighted by molar-refractivity contribution is 0.687. The number of rotatable bonds is 4. The van der Waals surface area contributed by atoms with E-state index in [2.05, 4.69) is 38.3 Å². The molecule has 0 atom stereocenters. The monoisotopic (exact) mass is 280 g/mol. The number of benzene rings is 1. The summed E-state index contributed by atoms with van der Waals surface area (Å²) in [6.45, 7) is 11.8. The first kappa shape index (κ1) is 16.7. The number of hydrogen-bond donors (Lipinski definition) is 0. The third kappa shape index (κ3) is 4.62. The van der Waals surface area contributed by atoms with Gasteiger partial charge in [0.25, 0.3) is 0 Å². The second kappa shape index (κ2) is 8.08. The maximum Gasteiger partial charge on any atom is 0.136 e. The number of likely N-dealkylation sites (N-methyl/N-ethyl adjacent to an activating group) is 1. The fraction of sp³-hybridized carbons (Fsp3) is 0.263. The third-order valence-corrected chi connectivity index (χ3v) is 3.42. The van der Waals surface area contributed by atoms with Crippen LogP contribution in [0.15, 0.2) is 71.2 Å². The number of allylic oxidation sites excluding steroid dienone is 3. The molecule has 1 aromatic rings. The highest BCUT2D eigenvalue weighted by atomic mass is 15.1. The first-order chi connectivity index (χ1) is 10.0. The predicted octanol–water partition coefficient (Wildman–Crippen LogP) is 5.03. The molecule has 0 bridgehead atoms. The summed E-state index contributed by atoms with van der Waals surface area (Å²) in [5.74, 6) is 0.906. The summed E-state index contributed by atoms with van der Waals surface area (Å²) in [6, 6.07) is 10.4. The SMILES string of the molecule is C=C=CN(C)C(=N\C(C)=C/C)/C(C)=C(\C)c1ccccc1. The fourth-order valence-corrected chi connectivity index (χ4v) is 1.93. The second-order valence-electron chi connectivity index (χ2n) is 4.93. The van der Waals surface area contributed by atoms with Crippen LogP contribution in [0.4, 0.5) is 0 Å². The Morgan fingerprint density at radius 3 is 2.33 bits per heavy atom. The van der Waals surface area contributed by atoms with Crippen molar-refractivity contribution in [2.75, 3.05) is 7.05 Å². The average Bonchev–Trinajstić information content (AvgIpc) is 2.51. The quantitative estimate of drug-likeness (QED) is 0.429. The van der Waals surface area contributed by atoms with Crippen LogP contribution in [0.2, 0.25) is 0 Å². The molecule has 0 aliphatic carbocycles. The molecule has 0 saturated heterocycles. The van der Waals surface area contributed by atoms with Crippen molar-refractivity contribution in [2.45, 2.75) is 27.7 Å². The zero-order valence-corrected chi connectivity index (χ0v) is 13.6. The standard InChI is InChI=1S/C19H24N2/c1-7-14-21(6)19(20-15(3)8-2)17(5)16(4)18-12-10-9-11-13-18/h8-14H,1H2,2-6H3/b15-8-,17-16+,20-19-. The van der Waals surface area contributed by atoms with Crippen LogP contribution in [0.1, 0.15) is 33.3 Å². The van der Waals surface area contributed by atoms with Gasteiger partial charge >= 0.3 is 0 Å². The molecular formula is C19H24N2. The van der Waals surface area contributed by atoms with Gasteiger partial charge in [0.2, 0.25) is 0 Å². The minimum absolute atomic E-state index is 0.906. The lowest BCUT2D eigenvalue weighted by atomic mass is 10.0. The Kier molecular flexibility index (Phi) is 6.45. The third-order valence-electron chi connectivity index (χ3n) is 3.42. The van der Waals surface area contributed by atoms with Crippen molar-refractivity contribution in [2.24, 2.45) is 4.99 Å². The molecule has 0 heterocycles. The van der Waals surface area contributed by atoms with Crippen LogP contribution in [0.25, 0.3) is 5.57 Å². The van der Waals surface area contributed by atoms with Gasteiger partial charge in [0.1, 0.15) is 5.84 Å². The van der Waals surface area contributed by atoms with Crippen molar-refractivity contribution in [1.29, 1.82) is 0 Å². The van der Waals surface area contributed by atoms with E-state index in [0.29, 0.717) is 0 Å². The highest BCUT2D eigenvalue weighted by molar-refractivity contribution is 6.04. The van der Waals surface area contributed by atoms with Crippen LogP contribution in [0.5, 0.6) is 0 Å². The van der Waals surface area contributed by atoms with E-state index < -0.39 is 0 Å². The number of amidine groups is 1. The van der Waals surface area contributed by atoms with Crippen molar-refractivity contribution >= 4 is 11.4 Å². The lowest BCUT2D eigenvalue weighted by Gasteiger charge is -2.19. The van der Waals surface area contributed by atoms with E-state index in [1.807, 2.05) is 50.1 Å². The van der Waals surface area contributed by atoms with Crippen LogP contribution < -0.4 is 0 Å². The van der Waals surface area contributed by atoms with Crippen molar-refractivity contribution in [1.82, 2.24) is 4.90 Å². The molecule has 0 radical (unpaired) electrons. The topological polar surface area (TPSA) is 15.6 Å². The lowest BCUT2D eigenvalue weighted by Crippen LogP contribution is -2.22. The molecule has 0 aliphatic heterocycles. The largest absolute Gasteiger partial charge is 0.329 e. The summed E-state index contributed by atoms with van der Waals surface area (Å²) in [6.07, 6.45) is 3.79. The van der Waals surface area contributed by atoms with Gasteiger partial charge in [-0.15, -0.1) is 5.73 Å². The highest BCUT2D eigenvalue weighted by Crippen LogP contribution is 2.20. The van der Waals surface area contributed by atoms with Gasteiger partial charge in [-0.3, -0.25) is 0 Å². The Hall–Kier alpha value is -2.31. The van der Waals surface area contributed by atoms with Gasteiger partial charge in [0.15, 0.2) is 0 Å². The predicted molar refractivity (Wildman–Crippen MR) is 93.0 cm³/mol. The van der Waals surface area contributed by atoms with E-state index in [1.165, 1.54) is 11.1 Å². The minimum atomic E-state index is 0.906. The normalized spacial score (nSPS) is 13.4. The number of hydrogen-bond acceptors (Lipinski definition) is 1. The van der Waals surface area contributed by atoms with Crippen LogP contribution in [-0.4, -0.2) is 17.8 Å². The minimum Gasteiger partial charge on any atom is -0.329 e. The summed E-state index contributed by atoms with van der Waals surface area (Å²) in [4.78, 5) is 6.65. The molecule has 0 aliphatic rings. The van der Waals surface area contributed by atoms with E-state index in [0.717, 1.165) is 17.1 Å². The zero-order chi connectivity index (χ0) is 15.8. The van der Waals surface area contributed by atoms with E-state index in [1.54, 1.807) is 6.20 Å². The molecule has 0 aromatic heterocycles. The fourth-order valence-electron chi connectivity index (χ4n) is 1.93. The smallest absolute Gasteiger partial charge is 0.136 e. The molecule has 0 amide bonds. The van der Waals surface area contributed by atoms with Crippen molar-refractivity contribution in [3.63, 3.8) is 0 Å². The molecule has 0 unspecified atom stereocenters. The molecule has 0 N–H and O–H groups in total. The van der Waals surface area contributed by atoms with Crippen LogP contribution >= 0.6 is 0 Å². The summed E-state index contributed by atoms with van der Waals surface area (Å²) in [5.41, 5.74) is 7.33. The average molecular weight is 280 g/mol. The Labute approximate surface area is 128 Å². The summed E-state index contributed by atoms with van der Waals surface area (Å²) in [7, 11) is 1.96. The van der Waals surface area contributed by atoms with Gasteiger partial charge < -0.3 is 4.90 Å². The van der Waals surface area contributed by atoms with Crippen LogP contribution in [-0.2, 0) is 0 Å². The first-order valence-corrected chi connectivity index (χ1v) is 7.05. The van der Waals surface area contributed by atoms with E-state index in [-0.39, 0.29) is 0 Å². The second-order valence-corrected chi connectivity index (χ2v) is 4.93. The molecular weight excluding hydrogens is 256 g/mol. The summed E-state index contributed by atoms with van der Waals surface area (Å²) < 4.78 is 0. The van der Waals surface area contributed by atoms with Gasteiger partial charge in [0, 0.05) is 18.9 Å². The van der Waals surface area contributed by atoms with Crippen LogP contribution in [0, 0.1) is 0 Å². The molecule has 1 rings (SSSR count). The van der Waals surface area contributed by atoms with E-state index in [4.69, 9.17) is 4.99 Å². The molecule has 0 spiro atoms. The molecule has 110 valence electrons. The molecule has 0 saturated carbocycles. The summed E-state index contributed by atoms with van der Waals surface area (Å²) >= 11 is 0. The van der Waals surface area contributed by atoms with Crippen molar-refractivity contribution in [3.05, 3.63) is 71.8 Å². The van der Waals surface area contributed by atoms with Gasteiger partial charge in [-0.25, -0.2) is 4.99 Å². The Morgan fingerprint density at radius 1 is 1.19 bits per heavy atom. The van der Waals surface area contributed by atoms with Gasteiger partial charge in [-0.1, -0.05) is 43.0 Å². The van der Waals surface area contributed by atoms with E-state index in [9.17, 15) is 0 Å². The molecule has 2 nitrogen and oxygen atoms in total. The maximum atomic E-state index is 4.71. The molecule has 1 aromatic carbocycles. The Morgan fingerprint density at radius 2 is 1.81 bits per heavy atom.